The number of hydrogen-bond acceptors (Lipinski definition) is 2. The van der Waals surface area contributed by atoms with E-state index in [0.29, 0.717) is 12.1 Å². The molecular weight excluding hydrogens is 202 g/mol. The lowest BCUT2D eigenvalue weighted by Crippen LogP contribution is -2.29. The first-order chi connectivity index (χ1) is 7.65. The third-order valence-corrected chi connectivity index (χ3v) is 2.08. The van der Waals surface area contributed by atoms with Crippen LogP contribution < -0.4 is 0 Å². The molecule has 3 heteroatoms. The van der Waals surface area contributed by atoms with Crippen molar-refractivity contribution in [1.82, 2.24) is 4.90 Å². The van der Waals surface area contributed by atoms with Crippen LogP contribution in [0.1, 0.15) is 29.8 Å². The van der Waals surface area contributed by atoms with Crippen molar-refractivity contribution in [2.75, 3.05) is 20.2 Å². The molecule has 0 unspecified atom stereocenters. The maximum Gasteiger partial charge on any atom is 0.253 e. The van der Waals surface area contributed by atoms with Crippen molar-refractivity contribution < 1.29 is 9.90 Å². The predicted octanol–water partition coefficient (Wildman–Crippen LogP) is 2.09. The van der Waals surface area contributed by atoms with Crippen LogP contribution in [-0.4, -0.2) is 36.1 Å². The minimum Gasteiger partial charge on any atom is -0.395 e. The van der Waals surface area contributed by atoms with E-state index >= 15 is 0 Å². The number of nitrogens with zero attached hydrogens (tertiary/aromatic N) is 1. The predicted molar refractivity (Wildman–Crippen MR) is 66.6 cm³/mol. The van der Waals surface area contributed by atoms with Gasteiger partial charge in [-0.15, -0.1) is 0 Å². The fourth-order valence-corrected chi connectivity index (χ4v) is 1.17. The molecule has 0 heterocycles. The Bertz CT molecular complexity index is 306. The second kappa shape index (κ2) is 7.88. The fraction of sp³-hybridized carbons (Fsp3) is 0.462. The van der Waals surface area contributed by atoms with Gasteiger partial charge in [0.15, 0.2) is 0 Å². The van der Waals surface area contributed by atoms with E-state index in [1.807, 2.05) is 32.9 Å². The Morgan fingerprint density at radius 2 is 1.75 bits per heavy atom. The molecule has 0 aromatic heterocycles. The topological polar surface area (TPSA) is 40.5 Å². The van der Waals surface area contributed by atoms with Gasteiger partial charge in [-0.1, -0.05) is 31.5 Å². The van der Waals surface area contributed by atoms with Crippen molar-refractivity contribution in [1.29, 1.82) is 0 Å². The van der Waals surface area contributed by atoms with Crippen LogP contribution >= 0.6 is 0 Å². The molecule has 90 valence electrons. The molecule has 1 amide bonds. The lowest BCUT2D eigenvalue weighted by Gasteiger charge is -2.15. The molecule has 0 bridgehead atoms. The average molecular weight is 223 g/mol. The van der Waals surface area contributed by atoms with Gasteiger partial charge in [0.2, 0.25) is 0 Å². The van der Waals surface area contributed by atoms with Crippen LogP contribution in [0.5, 0.6) is 0 Å². The summed E-state index contributed by atoms with van der Waals surface area (Å²) in [4.78, 5) is 13.2. The number of aliphatic hydroxyl groups excluding tert-OH is 1. The normalized spacial score (nSPS) is 9.06. The van der Waals surface area contributed by atoms with Crippen LogP contribution in [0.15, 0.2) is 24.3 Å². The van der Waals surface area contributed by atoms with Gasteiger partial charge in [-0.05, 0) is 19.1 Å². The lowest BCUT2D eigenvalue weighted by atomic mass is 10.1. The third-order valence-electron chi connectivity index (χ3n) is 2.08. The molecule has 0 saturated carbocycles. The van der Waals surface area contributed by atoms with Crippen molar-refractivity contribution in [3.63, 3.8) is 0 Å². The maximum absolute atomic E-state index is 11.7. The van der Waals surface area contributed by atoms with E-state index in [0.717, 1.165) is 5.56 Å². The molecule has 0 saturated heterocycles. The quantitative estimate of drug-likeness (QED) is 0.852. The van der Waals surface area contributed by atoms with Crippen molar-refractivity contribution >= 4 is 5.91 Å². The first-order valence-corrected chi connectivity index (χ1v) is 5.58. The van der Waals surface area contributed by atoms with E-state index in [9.17, 15) is 4.79 Å². The molecule has 1 aromatic rings. The zero-order valence-electron chi connectivity index (χ0n) is 10.5. The Kier molecular flexibility index (Phi) is 7.21. The van der Waals surface area contributed by atoms with Crippen LogP contribution in [0.25, 0.3) is 0 Å². The first kappa shape index (κ1) is 14.6. The van der Waals surface area contributed by atoms with Crippen LogP contribution in [0.2, 0.25) is 0 Å². The Hall–Kier alpha value is -1.35. The summed E-state index contributed by atoms with van der Waals surface area (Å²) in [7, 11) is 1.68. The second-order valence-corrected chi connectivity index (χ2v) is 3.32. The van der Waals surface area contributed by atoms with Gasteiger partial charge >= 0.3 is 0 Å². The molecule has 0 aliphatic heterocycles. The monoisotopic (exact) mass is 223 g/mol. The second-order valence-electron chi connectivity index (χ2n) is 3.32. The molecule has 3 nitrogen and oxygen atoms in total. The third kappa shape index (κ3) is 4.45. The first-order valence-electron chi connectivity index (χ1n) is 5.58. The van der Waals surface area contributed by atoms with Gasteiger partial charge in [0.05, 0.1) is 6.61 Å². The van der Waals surface area contributed by atoms with E-state index in [-0.39, 0.29) is 12.5 Å². The number of hydrogen-bond donors (Lipinski definition) is 1. The molecule has 0 radical (unpaired) electrons. The van der Waals surface area contributed by atoms with E-state index in [2.05, 4.69) is 0 Å². The van der Waals surface area contributed by atoms with Crippen LogP contribution in [0, 0.1) is 6.92 Å². The highest BCUT2D eigenvalue weighted by Gasteiger charge is 2.09. The van der Waals surface area contributed by atoms with E-state index in [1.54, 1.807) is 19.2 Å². The average Bonchev–Trinajstić information content (AvgIpc) is 2.32. The zero-order chi connectivity index (χ0) is 12.6. The summed E-state index contributed by atoms with van der Waals surface area (Å²) >= 11 is 0. The zero-order valence-corrected chi connectivity index (χ0v) is 10.5. The van der Waals surface area contributed by atoms with Gasteiger partial charge in [0.1, 0.15) is 0 Å². The van der Waals surface area contributed by atoms with Crippen LogP contribution in [-0.2, 0) is 0 Å². The highest BCUT2D eigenvalue weighted by atomic mass is 16.3. The van der Waals surface area contributed by atoms with Crippen LogP contribution in [0.3, 0.4) is 0 Å². The van der Waals surface area contributed by atoms with E-state index < -0.39 is 0 Å². The minimum atomic E-state index is -0.0564. The molecule has 1 rings (SSSR count). The summed E-state index contributed by atoms with van der Waals surface area (Å²) in [6.45, 7) is 6.34. The summed E-state index contributed by atoms with van der Waals surface area (Å²) < 4.78 is 0. The fourth-order valence-electron chi connectivity index (χ4n) is 1.17. The van der Waals surface area contributed by atoms with E-state index in [1.165, 1.54) is 4.90 Å². The molecular formula is C13H21NO2. The number of carbonyl (C=O) groups is 1. The molecule has 0 fully saturated rings. The molecule has 0 atom stereocenters. The molecule has 0 spiro atoms. The Balaban J connectivity index is 0.00000106. The minimum absolute atomic E-state index is 0.00585. The molecule has 0 aliphatic carbocycles. The van der Waals surface area contributed by atoms with Crippen molar-refractivity contribution in [3.8, 4) is 0 Å². The highest BCUT2D eigenvalue weighted by molar-refractivity contribution is 5.94. The standard InChI is InChI=1S/C11H15NO2.C2H6/c1-9-3-5-10(6-4-9)11(14)12(2)7-8-13;1-2/h3-6,13H,7-8H2,1-2H3;1-2H3. The van der Waals surface area contributed by atoms with Crippen molar-refractivity contribution in [3.05, 3.63) is 35.4 Å². The van der Waals surface area contributed by atoms with Gasteiger partial charge in [-0.3, -0.25) is 4.79 Å². The van der Waals surface area contributed by atoms with Gasteiger partial charge < -0.3 is 10.0 Å². The Labute approximate surface area is 97.7 Å². The lowest BCUT2D eigenvalue weighted by molar-refractivity contribution is 0.0767. The summed E-state index contributed by atoms with van der Waals surface area (Å²) in [5, 5.41) is 8.68. The number of aryl methyl sites for hydroxylation is 1. The highest BCUT2D eigenvalue weighted by Crippen LogP contribution is 2.05. The molecule has 1 aromatic carbocycles. The summed E-state index contributed by atoms with van der Waals surface area (Å²) in [6.07, 6.45) is 0. The van der Waals surface area contributed by atoms with Crippen LogP contribution in [0.4, 0.5) is 0 Å². The van der Waals surface area contributed by atoms with Gasteiger partial charge in [-0.2, -0.15) is 0 Å². The number of amides is 1. The Morgan fingerprint density at radius 1 is 1.25 bits per heavy atom. The number of benzene rings is 1. The van der Waals surface area contributed by atoms with Gasteiger partial charge in [-0.25, -0.2) is 0 Å². The van der Waals surface area contributed by atoms with Gasteiger partial charge in [0.25, 0.3) is 5.91 Å². The van der Waals surface area contributed by atoms with Gasteiger partial charge in [0, 0.05) is 19.2 Å². The Morgan fingerprint density at radius 3 is 2.19 bits per heavy atom. The summed E-state index contributed by atoms with van der Waals surface area (Å²) in [6, 6.07) is 7.40. The van der Waals surface area contributed by atoms with Crippen molar-refractivity contribution in [2.24, 2.45) is 0 Å². The smallest absolute Gasteiger partial charge is 0.253 e. The van der Waals surface area contributed by atoms with Crippen molar-refractivity contribution in [2.45, 2.75) is 20.8 Å². The summed E-state index contributed by atoms with van der Waals surface area (Å²) in [5.74, 6) is -0.0564. The molecule has 1 N–H and O–H groups in total. The van der Waals surface area contributed by atoms with E-state index in [4.69, 9.17) is 5.11 Å². The number of rotatable bonds is 3. The molecule has 16 heavy (non-hydrogen) atoms. The SMILES string of the molecule is CC.Cc1ccc(C(=O)N(C)CCO)cc1. The molecule has 0 aliphatic rings. The number of aliphatic hydroxyl groups is 1. The summed E-state index contributed by atoms with van der Waals surface area (Å²) in [5.41, 5.74) is 1.79. The number of carbonyl (C=O) groups excluding carboxylic acids is 1. The maximum atomic E-state index is 11.7. The largest absolute Gasteiger partial charge is 0.395 e. The number of likely N-dealkylation sites (N-methyl/N-ethyl adjacent to an activating group) is 1.